The SMILES string of the molecule is Cc1c(CCN2CC3CN(c4nccnc4Oc4ccc(F)cc4Cl)CC3C2)ccc2[nH]c(C#N)cc12. The Morgan fingerprint density at radius 3 is 2.65 bits per heavy atom. The Balaban J connectivity index is 1.09. The summed E-state index contributed by atoms with van der Waals surface area (Å²) in [5.41, 5.74) is 4.19. The van der Waals surface area contributed by atoms with E-state index < -0.39 is 5.82 Å². The lowest BCUT2D eigenvalue weighted by molar-refractivity contribution is 0.320. The highest BCUT2D eigenvalue weighted by molar-refractivity contribution is 6.32. The number of aryl methyl sites for hydroxylation is 1. The summed E-state index contributed by atoms with van der Waals surface area (Å²) in [5, 5.41) is 10.5. The topological polar surface area (TPSA) is 81.1 Å². The van der Waals surface area contributed by atoms with Crippen molar-refractivity contribution in [3.63, 3.8) is 0 Å². The van der Waals surface area contributed by atoms with E-state index in [4.69, 9.17) is 16.3 Å². The van der Waals surface area contributed by atoms with Gasteiger partial charge in [0.1, 0.15) is 23.3 Å². The van der Waals surface area contributed by atoms with Crippen LogP contribution in [-0.2, 0) is 6.42 Å². The molecule has 4 heterocycles. The largest absolute Gasteiger partial charge is 0.434 e. The van der Waals surface area contributed by atoms with Crippen LogP contribution in [0.3, 0.4) is 0 Å². The lowest BCUT2D eigenvalue weighted by atomic mass is 10.0. The highest BCUT2D eigenvalue weighted by Gasteiger charge is 2.41. The zero-order chi connectivity index (χ0) is 25.5. The lowest BCUT2D eigenvalue weighted by Crippen LogP contribution is -2.30. The highest BCUT2D eigenvalue weighted by Crippen LogP contribution is 2.38. The molecule has 2 saturated heterocycles. The van der Waals surface area contributed by atoms with E-state index in [1.165, 1.54) is 29.3 Å². The predicted octanol–water partition coefficient (Wildman–Crippen LogP) is 5.33. The minimum absolute atomic E-state index is 0.196. The van der Waals surface area contributed by atoms with Crippen molar-refractivity contribution in [2.75, 3.05) is 37.6 Å². The van der Waals surface area contributed by atoms with E-state index >= 15 is 0 Å². The summed E-state index contributed by atoms with van der Waals surface area (Å²) < 4.78 is 19.4. The minimum atomic E-state index is -0.415. The van der Waals surface area contributed by atoms with Crippen molar-refractivity contribution in [3.8, 4) is 17.7 Å². The van der Waals surface area contributed by atoms with Crippen molar-refractivity contribution in [2.24, 2.45) is 11.8 Å². The van der Waals surface area contributed by atoms with Crippen LogP contribution in [0.4, 0.5) is 10.2 Å². The number of fused-ring (bicyclic) bond motifs is 2. The number of likely N-dealkylation sites (tertiary alicyclic amines) is 1. The molecular weight excluding hydrogens is 491 g/mol. The van der Waals surface area contributed by atoms with Crippen LogP contribution < -0.4 is 9.64 Å². The van der Waals surface area contributed by atoms with Gasteiger partial charge >= 0.3 is 0 Å². The molecule has 7 nitrogen and oxygen atoms in total. The van der Waals surface area contributed by atoms with Gasteiger partial charge in [0.15, 0.2) is 5.82 Å². The van der Waals surface area contributed by atoms with Crippen molar-refractivity contribution in [2.45, 2.75) is 13.3 Å². The van der Waals surface area contributed by atoms with Crippen LogP contribution in [-0.4, -0.2) is 52.6 Å². The van der Waals surface area contributed by atoms with Gasteiger partial charge in [0, 0.05) is 56.0 Å². The summed E-state index contributed by atoms with van der Waals surface area (Å²) in [4.78, 5) is 16.9. The second-order valence-corrected chi connectivity index (χ2v) is 10.3. The lowest BCUT2D eigenvalue weighted by Gasteiger charge is -2.23. The number of aromatic nitrogens is 3. The molecular formula is C28H26ClFN6O. The van der Waals surface area contributed by atoms with E-state index in [-0.39, 0.29) is 5.02 Å². The average Bonchev–Trinajstić information content (AvgIpc) is 3.59. The quantitative estimate of drug-likeness (QED) is 0.373. The molecule has 2 unspecified atom stereocenters. The Kier molecular flexibility index (Phi) is 6.19. The molecule has 9 heteroatoms. The molecule has 0 bridgehead atoms. The zero-order valence-electron chi connectivity index (χ0n) is 20.4. The molecule has 37 heavy (non-hydrogen) atoms. The van der Waals surface area contributed by atoms with Gasteiger partial charge in [-0.05, 0) is 66.6 Å². The summed E-state index contributed by atoms with van der Waals surface area (Å²) in [6.07, 6.45) is 4.24. The number of hydrogen-bond donors (Lipinski definition) is 1. The van der Waals surface area contributed by atoms with E-state index in [1.54, 1.807) is 12.4 Å². The number of hydrogen-bond acceptors (Lipinski definition) is 6. The molecule has 2 aromatic carbocycles. The number of halogens is 2. The number of nitrogens with zero attached hydrogens (tertiary/aromatic N) is 5. The van der Waals surface area contributed by atoms with Crippen LogP contribution in [0.1, 0.15) is 16.8 Å². The highest BCUT2D eigenvalue weighted by atomic mass is 35.5. The van der Waals surface area contributed by atoms with Gasteiger partial charge in [-0.15, -0.1) is 0 Å². The number of rotatable bonds is 6. The standard InChI is InChI=1S/C28H26ClFN6O/c1-17-18(2-4-25-23(17)11-22(12-31)34-25)6-9-35-13-19-15-36(16-20(19)14-35)27-28(33-8-7-32-27)37-26-5-3-21(30)10-24(26)29/h2-5,7-8,10-11,19-20,34H,6,9,13-16H2,1H3. The van der Waals surface area contributed by atoms with Crippen molar-refractivity contribution in [1.29, 1.82) is 5.26 Å². The van der Waals surface area contributed by atoms with Gasteiger partial charge in [0.25, 0.3) is 5.88 Å². The third kappa shape index (κ3) is 4.61. The number of anilines is 1. The molecule has 4 aromatic rings. The third-order valence-electron chi connectivity index (χ3n) is 7.61. The van der Waals surface area contributed by atoms with E-state index in [2.05, 4.69) is 49.9 Å². The molecule has 6 rings (SSSR count). The number of ether oxygens (including phenoxy) is 1. The third-order valence-corrected chi connectivity index (χ3v) is 7.91. The fourth-order valence-electron chi connectivity index (χ4n) is 5.72. The second-order valence-electron chi connectivity index (χ2n) is 9.90. The van der Waals surface area contributed by atoms with Gasteiger partial charge in [-0.1, -0.05) is 17.7 Å². The van der Waals surface area contributed by atoms with Crippen LogP contribution in [0.2, 0.25) is 5.02 Å². The molecule has 188 valence electrons. The molecule has 0 aliphatic carbocycles. The van der Waals surface area contributed by atoms with Gasteiger partial charge in [-0.25, -0.2) is 14.4 Å². The van der Waals surface area contributed by atoms with Gasteiger partial charge in [-0.3, -0.25) is 0 Å². The molecule has 0 spiro atoms. The van der Waals surface area contributed by atoms with Crippen molar-refractivity contribution >= 4 is 28.3 Å². The van der Waals surface area contributed by atoms with Crippen LogP contribution in [0, 0.1) is 35.9 Å². The second kappa shape index (κ2) is 9.66. The van der Waals surface area contributed by atoms with Crippen molar-refractivity contribution < 1.29 is 9.13 Å². The summed E-state index contributed by atoms with van der Waals surface area (Å²) in [6, 6.07) is 12.4. The number of benzene rings is 2. The monoisotopic (exact) mass is 516 g/mol. The maximum atomic E-state index is 13.4. The molecule has 2 atom stereocenters. The minimum Gasteiger partial charge on any atom is -0.434 e. The first kappa shape index (κ1) is 23.7. The summed E-state index contributed by atoms with van der Waals surface area (Å²) in [7, 11) is 0. The Morgan fingerprint density at radius 2 is 1.89 bits per heavy atom. The molecule has 0 amide bonds. The maximum Gasteiger partial charge on any atom is 0.263 e. The fraction of sp³-hybridized carbons (Fsp3) is 0.321. The average molecular weight is 517 g/mol. The predicted molar refractivity (Wildman–Crippen MR) is 141 cm³/mol. The van der Waals surface area contributed by atoms with Gasteiger partial charge < -0.3 is 19.5 Å². The summed E-state index contributed by atoms with van der Waals surface area (Å²) in [6.45, 7) is 7.02. The van der Waals surface area contributed by atoms with Gasteiger partial charge in [0.05, 0.1) is 5.02 Å². The van der Waals surface area contributed by atoms with E-state index in [9.17, 15) is 9.65 Å². The zero-order valence-corrected chi connectivity index (χ0v) is 21.2. The van der Waals surface area contributed by atoms with Crippen molar-refractivity contribution in [3.05, 3.63) is 76.5 Å². The number of aromatic amines is 1. The number of nitriles is 1. The smallest absolute Gasteiger partial charge is 0.263 e. The first-order valence-corrected chi connectivity index (χ1v) is 12.8. The Hall–Kier alpha value is -3.67. The van der Waals surface area contributed by atoms with Gasteiger partial charge in [0.2, 0.25) is 0 Å². The number of nitrogens with one attached hydrogen (secondary N) is 1. The molecule has 2 aliphatic rings. The fourth-order valence-corrected chi connectivity index (χ4v) is 5.92. The van der Waals surface area contributed by atoms with Gasteiger partial charge in [-0.2, -0.15) is 5.26 Å². The molecule has 0 radical (unpaired) electrons. The van der Waals surface area contributed by atoms with Crippen LogP contribution >= 0.6 is 11.6 Å². The molecule has 2 aliphatic heterocycles. The van der Waals surface area contributed by atoms with E-state index in [0.717, 1.165) is 50.0 Å². The molecule has 1 N–H and O–H groups in total. The van der Waals surface area contributed by atoms with E-state index in [1.807, 2.05) is 6.07 Å². The number of H-pyrrole nitrogens is 1. The van der Waals surface area contributed by atoms with Crippen molar-refractivity contribution in [1.82, 2.24) is 19.9 Å². The maximum absolute atomic E-state index is 13.4. The first-order chi connectivity index (χ1) is 18.0. The Bertz CT molecular complexity index is 1500. The van der Waals surface area contributed by atoms with Crippen LogP contribution in [0.25, 0.3) is 10.9 Å². The summed E-state index contributed by atoms with van der Waals surface area (Å²) >= 11 is 6.16. The van der Waals surface area contributed by atoms with Crippen LogP contribution in [0.15, 0.2) is 48.8 Å². The molecule has 2 aromatic heterocycles. The molecule has 2 fully saturated rings. The molecule has 0 saturated carbocycles. The Morgan fingerprint density at radius 1 is 1.11 bits per heavy atom. The van der Waals surface area contributed by atoms with E-state index in [0.29, 0.717) is 35.0 Å². The normalized spacial score (nSPS) is 19.4. The summed E-state index contributed by atoms with van der Waals surface area (Å²) in [5.74, 6) is 2.11. The first-order valence-electron chi connectivity index (χ1n) is 12.4. The van der Waals surface area contributed by atoms with Crippen LogP contribution in [0.5, 0.6) is 11.6 Å². The Labute approximate surface area is 219 Å².